The monoisotopic (exact) mass is 442 g/mol. The second-order valence-corrected chi connectivity index (χ2v) is 7.98. The Morgan fingerprint density at radius 1 is 0.939 bits per heavy atom. The Labute approximate surface area is 191 Å². The number of pyridine rings is 1. The van der Waals surface area contributed by atoms with Crippen LogP contribution in [0.1, 0.15) is 16.1 Å². The quantitative estimate of drug-likeness (QED) is 0.482. The van der Waals surface area contributed by atoms with Gasteiger partial charge in [0.2, 0.25) is 0 Å². The van der Waals surface area contributed by atoms with Crippen LogP contribution < -0.4 is 4.90 Å². The third-order valence-corrected chi connectivity index (χ3v) is 5.79. The largest absolute Gasteiger partial charge is 0.368 e. The normalized spacial score (nSPS) is 13.9. The van der Waals surface area contributed by atoms with Gasteiger partial charge in [0.15, 0.2) is 5.69 Å². The van der Waals surface area contributed by atoms with Gasteiger partial charge in [0.05, 0.1) is 5.69 Å². The van der Waals surface area contributed by atoms with E-state index < -0.39 is 5.82 Å². The number of nitrogens with zero attached hydrogens (tertiary/aromatic N) is 6. The van der Waals surface area contributed by atoms with Crippen LogP contribution in [0, 0.1) is 12.7 Å². The Kier molecular flexibility index (Phi) is 5.56. The fourth-order valence-corrected chi connectivity index (χ4v) is 4.09. The van der Waals surface area contributed by atoms with Crippen LogP contribution in [-0.4, -0.2) is 57.0 Å². The van der Waals surface area contributed by atoms with Crippen LogP contribution in [0.3, 0.4) is 0 Å². The fraction of sp³-hybridized carbons (Fsp3) is 0.200. The summed E-state index contributed by atoms with van der Waals surface area (Å²) in [4.78, 5) is 21.9. The van der Waals surface area contributed by atoms with Crippen LogP contribution in [0.2, 0.25) is 0 Å². The van der Waals surface area contributed by atoms with E-state index >= 15 is 0 Å². The molecule has 0 unspecified atom stereocenters. The highest BCUT2D eigenvalue weighted by Crippen LogP contribution is 2.26. The number of para-hydroxylation sites is 1. The molecular weight excluding hydrogens is 419 g/mol. The zero-order chi connectivity index (χ0) is 22.8. The van der Waals surface area contributed by atoms with E-state index in [0.717, 1.165) is 18.8 Å². The molecule has 0 saturated carbocycles. The van der Waals surface area contributed by atoms with Crippen molar-refractivity contribution in [3.8, 4) is 17.1 Å². The summed E-state index contributed by atoms with van der Waals surface area (Å²) >= 11 is 0. The van der Waals surface area contributed by atoms with Crippen LogP contribution in [0.25, 0.3) is 17.1 Å². The second kappa shape index (κ2) is 8.82. The molecule has 5 rings (SSSR count). The third kappa shape index (κ3) is 4.07. The van der Waals surface area contributed by atoms with E-state index in [9.17, 15) is 9.18 Å². The first kappa shape index (κ1) is 20.8. The minimum absolute atomic E-state index is 0.168. The maximum Gasteiger partial charge on any atom is 0.276 e. The molecule has 2 aromatic carbocycles. The van der Waals surface area contributed by atoms with E-state index in [-0.39, 0.29) is 17.3 Å². The van der Waals surface area contributed by atoms with Crippen molar-refractivity contribution >= 4 is 11.6 Å². The molecule has 0 N–H and O–H groups in total. The Morgan fingerprint density at radius 3 is 2.45 bits per heavy atom. The molecule has 1 amide bonds. The Hall–Kier alpha value is -4.07. The van der Waals surface area contributed by atoms with Gasteiger partial charge in [0.1, 0.15) is 17.2 Å². The van der Waals surface area contributed by atoms with Gasteiger partial charge in [0.25, 0.3) is 5.91 Å². The van der Waals surface area contributed by atoms with Gasteiger partial charge in [-0.1, -0.05) is 35.5 Å². The number of aromatic nitrogens is 4. The second-order valence-electron chi connectivity index (χ2n) is 7.98. The molecule has 0 bridgehead atoms. The maximum absolute atomic E-state index is 14.6. The fourth-order valence-electron chi connectivity index (χ4n) is 4.09. The summed E-state index contributed by atoms with van der Waals surface area (Å²) in [5, 5.41) is 8.32. The number of hydrogen-bond acceptors (Lipinski definition) is 5. The molecule has 33 heavy (non-hydrogen) atoms. The van der Waals surface area contributed by atoms with Gasteiger partial charge < -0.3 is 9.80 Å². The van der Waals surface area contributed by atoms with Gasteiger partial charge in [-0.3, -0.25) is 9.78 Å². The van der Waals surface area contributed by atoms with Gasteiger partial charge in [-0.15, -0.1) is 5.10 Å². The molecule has 1 aliphatic heterocycles. The van der Waals surface area contributed by atoms with Crippen molar-refractivity contribution in [2.45, 2.75) is 6.92 Å². The van der Waals surface area contributed by atoms with Gasteiger partial charge in [0, 0.05) is 38.1 Å². The zero-order valence-electron chi connectivity index (χ0n) is 18.2. The van der Waals surface area contributed by atoms with Crippen LogP contribution in [-0.2, 0) is 0 Å². The molecule has 1 aliphatic rings. The molecule has 4 aromatic rings. The van der Waals surface area contributed by atoms with E-state index in [0.29, 0.717) is 24.5 Å². The van der Waals surface area contributed by atoms with Crippen molar-refractivity contribution in [3.05, 3.63) is 90.0 Å². The van der Waals surface area contributed by atoms with Crippen LogP contribution in [0.4, 0.5) is 10.1 Å². The molecule has 0 atom stereocenters. The Balaban J connectivity index is 1.45. The number of halogens is 1. The zero-order valence-corrected chi connectivity index (χ0v) is 18.2. The molecule has 3 heterocycles. The number of benzene rings is 2. The van der Waals surface area contributed by atoms with Crippen molar-refractivity contribution in [1.29, 1.82) is 0 Å². The molecule has 0 spiro atoms. The van der Waals surface area contributed by atoms with Crippen molar-refractivity contribution in [1.82, 2.24) is 24.9 Å². The van der Waals surface area contributed by atoms with Crippen LogP contribution in [0.15, 0.2) is 72.9 Å². The lowest BCUT2D eigenvalue weighted by molar-refractivity contribution is 0.0741. The van der Waals surface area contributed by atoms with Gasteiger partial charge in [-0.25, -0.2) is 9.07 Å². The molecular formula is C25H23FN6O. The smallest absolute Gasteiger partial charge is 0.276 e. The molecule has 1 fully saturated rings. The molecule has 2 aromatic heterocycles. The molecule has 166 valence electrons. The number of piperazine rings is 1. The van der Waals surface area contributed by atoms with Crippen LogP contribution >= 0.6 is 0 Å². The number of carbonyl (C=O) groups excluding carboxylic acids is 1. The molecule has 8 heteroatoms. The van der Waals surface area contributed by atoms with Gasteiger partial charge in [-0.05, 0) is 48.9 Å². The summed E-state index contributed by atoms with van der Waals surface area (Å²) in [6, 6.07) is 20.0. The summed E-state index contributed by atoms with van der Waals surface area (Å²) < 4.78 is 15.9. The molecule has 7 nitrogen and oxygen atoms in total. The minimum Gasteiger partial charge on any atom is -0.368 e. The van der Waals surface area contributed by atoms with E-state index in [1.165, 1.54) is 16.3 Å². The third-order valence-electron chi connectivity index (χ3n) is 5.79. The van der Waals surface area contributed by atoms with Crippen molar-refractivity contribution in [2.24, 2.45) is 0 Å². The lowest BCUT2D eigenvalue weighted by Gasteiger charge is -2.36. The number of carbonyl (C=O) groups is 1. The number of hydrogen-bond donors (Lipinski definition) is 0. The molecule has 0 radical (unpaired) electrons. The van der Waals surface area contributed by atoms with E-state index in [1.54, 1.807) is 41.4 Å². The highest BCUT2D eigenvalue weighted by molar-refractivity contribution is 5.98. The van der Waals surface area contributed by atoms with E-state index in [4.69, 9.17) is 0 Å². The number of rotatable bonds is 4. The summed E-state index contributed by atoms with van der Waals surface area (Å²) in [5.41, 5.74) is 3.63. The molecule has 0 aliphatic carbocycles. The van der Waals surface area contributed by atoms with Gasteiger partial charge >= 0.3 is 0 Å². The SMILES string of the molecule is Cc1cccc(N2CCN(C(=O)c3nnn(-c4ccccc4F)c3-c3ccccn3)CC2)c1. The number of aryl methyl sites for hydroxylation is 1. The predicted octanol–water partition coefficient (Wildman–Crippen LogP) is 3.74. The summed E-state index contributed by atoms with van der Waals surface area (Å²) in [5.74, 6) is -0.688. The number of amides is 1. The van der Waals surface area contributed by atoms with E-state index in [1.807, 2.05) is 12.1 Å². The Bertz CT molecular complexity index is 1280. The Morgan fingerprint density at radius 2 is 1.73 bits per heavy atom. The van der Waals surface area contributed by atoms with Crippen molar-refractivity contribution in [2.75, 3.05) is 31.1 Å². The average molecular weight is 442 g/mol. The maximum atomic E-state index is 14.6. The lowest BCUT2D eigenvalue weighted by Crippen LogP contribution is -2.49. The molecule has 1 saturated heterocycles. The van der Waals surface area contributed by atoms with E-state index in [2.05, 4.69) is 45.3 Å². The first-order valence-electron chi connectivity index (χ1n) is 10.8. The minimum atomic E-state index is -0.453. The standard InChI is InChI=1S/C25H23FN6O/c1-18-7-6-8-19(17-18)30-13-15-31(16-14-30)25(33)23-24(21-10-4-5-12-27-21)32(29-28-23)22-11-3-2-9-20(22)26/h2-12,17H,13-16H2,1H3. The topological polar surface area (TPSA) is 67.2 Å². The highest BCUT2D eigenvalue weighted by atomic mass is 19.1. The summed E-state index contributed by atoms with van der Waals surface area (Å²) in [7, 11) is 0. The predicted molar refractivity (Wildman–Crippen MR) is 124 cm³/mol. The average Bonchev–Trinajstić information content (AvgIpc) is 3.29. The van der Waals surface area contributed by atoms with Crippen molar-refractivity contribution < 1.29 is 9.18 Å². The lowest BCUT2D eigenvalue weighted by atomic mass is 10.1. The summed E-state index contributed by atoms with van der Waals surface area (Å²) in [6.07, 6.45) is 1.63. The van der Waals surface area contributed by atoms with Gasteiger partial charge in [-0.2, -0.15) is 0 Å². The van der Waals surface area contributed by atoms with Crippen molar-refractivity contribution in [3.63, 3.8) is 0 Å². The highest BCUT2D eigenvalue weighted by Gasteiger charge is 2.29. The van der Waals surface area contributed by atoms with Crippen LogP contribution in [0.5, 0.6) is 0 Å². The first-order valence-corrected chi connectivity index (χ1v) is 10.8. The number of anilines is 1. The first-order chi connectivity index (χ1) is 16.1. The summed E-state index contributed by atoms with van der Waals surface area (Å²) in [6.45, 7) is 4.62.